The minimum absolute atomic E-state index is 0.266. The number of nitrogens with zero attached hydrogens (tertiary/aromatic N) is 1. The van der Waals surface area contributed by atoms with Crippen LogP contribution in [0.15, 0.2) is 51.7 Å². The normalized spacial score (nSPS) is 14.8. The van der Waals surface area contributed by atoms with E-state index in [1.54, 1.807) is 6.07 Å². The smallest absolute Gasteiger partial charge is 0.336 e. The van der Waals surface area contributed by atoms with Gasteiger partial charge in [-0.15, -0.1) is 0 Å². The van der Waals surface area contributed by atoms with Gasteiger partial charge in [0.15, 0.2) is 0 Å². The predicted octanol–water partition coefficient (Wildman–Crippen LogP) is 3.97. The third kappa shape index (κ3) is 2.76. The molecule has 3 nitrogen and oxygen atoms in total. The van der Waals surface area contributed by atoms with E-state index in [2.05, 4.69) is 42.2 Å². The van der Waals surface area contributed by atoms with E-state index >= 15 is 0 Å². The van der Waals surface area contributed by atoms with Gasteiger partial charge in [0, 0.05) is 31.1 Å². The Morgan fingerprint density at radius 3 is 2.62 bits per heavy atom. The second kappa shape index (κ2) is 5.91. The number of fused-ring (bicyclic) bond motifs is 2. The summed E-state index contributed by atoms with van der Waals surface area (Å²) in [4.78, 5) is 14.4. The van der Waals surface area contributed by atoms with E-state index in [1.807, 2.05) is 13.0 Å². The third-order valence-electron chi connectivity index (χ3n) is 5.05. The molecule has 4 rings (SSSR count). The molecular weight excluding hydrogens is 298 g/mol. The monoisotopic (exact) mass is 319 g/mol. The molecule has 1 aromatic heterocycles. The lowest BCUT2D eigenvalue weighted by Gasteiger charge is -2.29. The number of rotatable bonds is 2. The van der Waals surface area contributed by atoms with Crippen LogP contribution in [0, 0.1) is 13.8 Å². The van der Waals surface area contributed by atoms with Crippen molar-refractivity contribution < 1.29 is 4.42 Å². The van der Waals surface area contributed by atoms with Gasteiger partial charge < -0.3 is 4.42 Å². The Kier molecular flexibility index (Phi) is 3.73. The van der Waals surface area contributed by atoms with Crippen LogP contribution in [0.1, 0.15) is 27.8 Å². The summed E-state index contributed by atoms with van der Waals surface area (Å²) in [6.07, 6.45) is 1.06. The van der Waals surface area contributed by atoms with E-state index in [4.69, 9.17) is 4.42 Å². The van der Waals surface area contributed by atoms with Gasteiger partial charge in [-0.25, -0.2) is 4.79 Å². The highest BCUT2D eigenvalue weighted by atomic mass is 16.4. The minimum atomic E-state index is -0.266. The summed E-state index contributed by atoms with van der Waals surface area (Å²) < 4.78 is 5.41. The first-order valence-corrected chi connectivity index (χ1v) is 8.43. The molecule has 1 aliphatic rings. The zero-order valence-electron chi connectivity index (χ0n) is 14.1. The van der Waals surface area contributed by atoms with Crippen molar-refractivity contribution in [1.82, 2.24) is 4.90 Å². The topological polar surface area (TPSA) is 33.5 Å². The lowest BCUT2D eigenvalue weighted by Crippen LogP contribution is -2.30. The fourth-order valence-corrected chi connectivity index (χ4v) is 3.54. The van der Waals surface area contributed by atoms with Gasteiger partial charge in [0.2, 0.25) is 0 Å². The molecule has 0 N–H and O–H groups in total. The predicted molar refractivity (Wildman–Crippen MR) is 96.2 cm³/mol. The summed E-state index contributed by atoms with van der Waals surface area (Å²) in [6, 6.07) is 14.4. The summed E-state index contributed by atoms with van der Waals surface area (Å²) in [5.74, 6) is 0. The van der Waals surface area contributed by atoms with Crippen molar-refractivity contribution in [3.8, 4) is 0 Å². The highest BCUT2D eigenvalue weighted by Gasteiger charge is 2.17. The molecule has 2 heterocycles. The fraction of sp³-hybridized carbons (Fsp3) is 0.286. The lowest BCUT2D eigenvalue weighted by molar-refractivity contribution is 0.246. The fourth-order valence-electron chi connectivity index (χ4n) is 3.54. The average Bonchev–Trinajstić information content (AvgIpc) is 2.56. The lowest BCUT2D eigenvalue weighted by atomic mass is 9.98. The molecule has 0 bridgehead atoms. The molecular formula is C21H21NO2. The van der Waals surface area contributed by atoms with Crippen LogP contribution in [0.25, 0.3) is 11.0 Å². The van der Waals surface area contributed by atoms with Crippen LogP contribution in [0.5, 0.6) is 0 Å². The molecule has 3 heteroatoms. The zero-order valence-corrected chi connectivity index (χ0v) is 14.1. The zero-order chi connectivity index (χ0) is 16.7. The van der Waals surface area contributed by atoms with Crippen molar-refractivity contribution in [2.45, 2.75) is 33.4 Å². The van der Waals surface area contributed by atoms with Crippen molar-refractivity contribution in [2.24, 2.45) is 0 Å². The number of hydrogen-bond donors (Lipinski definition) is 0. The van der Waals surface area contributed by atoms with Crippen molar-refractivity contribution in [1.29, 1.82) is 0 Å². The first-order chi connectivity index (χ1) is 11.6. The van der Waals surface area contributed by atoms with Crippen molar-refractivity contribution >= 4 is 11.0 Å². The third-order valence-corrected chi connectivity index (χ3v) is 5.05. The van der Waals surface area contributed by atoms with Gasteiger partial charge in [-0.3, -0.25) is 4.90 Å². The molecule has 0 saturated carbocycles. The quantitative estimate of drug-likeness (QED) is 0.670. The van der Waals surface area contributed by atoms with Gasteiger partial charge in [0.25, 0.3) is 0 Å². The Morgan fingerprint density at radius 2 is 1.79 bits per heavy atom. The Balaban J connectivity index is 1.70. The van der Waals surface area contributed by atoms with Gasteiger partial charge >= 0.3 is 5.63 Å². The van der Waals surface area contributed by atoms with E-state index < -0.39 is 0 Å². The van der Waals surface area contributed by atoms with Gasteiger partial charge in [0.05, 0.1) is 0 Å². The number of benzene rings is 2. The molecule has 0 saturated heterocycles. The summed E-state index contributed by atoms with van der Waals surface area (Å²) in [6.45, 7) is 6.87. The van der Waals surface area contributed by atoms with Crippen LogP contribution in [-0.2, 0) is 19.5 Å². The Morgan fingerprint density at radius 1 is 1.04 bits per heavy atom. The minimum Gasteiger partial charge on any atom is -0.423 e. The second-order valence-electron chi connectivity index (χ2n) is 6.75. The maximum absolute atomic E-state index is 12.0. The van der Waals surface area contributed by atoms with Crippen LogP contribution in [-0.4, -0.2) is 11.4 Å². The highest BCUT2D eigenvalue weighted by molar-refractivity contribution is 5.81. The van der Waals surface area contributed by atoms with E-state index in [0.29, 0.717) is 5.58 Å². The average molecular weight is 319 g/mol. The van der Waals surface area contributed by atoms with Gasteiger partial charge in [0.1, 0.15) is 5.58 Å². The van der Waals surface area contributed by atoms with Crippen LogP contribution >= 0.6 is 0 Å². The molecule has 1 aliphatic heterocycles. The summed E-state index contributed by atoms with van der Waals surface area (Å²) in [5.41, 5.74) is 6.69. The standard InChI is InChI=1S/C21H21NO2/c1-14-9-19-18(11-21(23)24-20(19)10-15(14)2)13-22-8-7-16-5-3-4-6-17(16)12-22/h3-6,9-11H,7-8,12-13H2,1-2H3. The molecule has 0 unspecified atom stereocenters. The molecule has 0 aliphatic carbocycles. The summed E-state index contributed by atoms with van der Waals surface area (Å²) in [5, 5.41) is 1.05. The van der Waals surface area contributed by atoms with Crippen LogP contribution < -0.4 is 5.63 Å². The van der Waals surface area contributed by atoms with Gasteiger partial charge in [-0.2, -0.15) is 0 Å². The molecule has 2 aromatic carbocycles. The van der Waals surface area contributed by atoms with Gasteiger partial charge in [-0.1, -0.05) is 24.3 Å². The Hall–Kier alpha value is -2.39. The molecule has 122 valence electrons. The van der Waals surface area contributed by atoms with E-state index in [0.717, 1.165) is 42.6 Å². The second-order valence-corrected chi connectivity index (χ2v) is 6.75. The molecule has 0 fully saturated rings. The molecule has 0 amide bonds. The largest absolute Gasteiger partial charge is 0.423 e. The maximum atomic E-state index is 12.0. The Labute approximate surface area is 141 Å². The number of aryl methyl sites for hydroxylation is 2. The van der Waals surface area contributed by atoms with E-state index in [1.165, 1.54) is 16.7 Å². The van der Waals surface area contributed by atoms with Gasteiger partial charge in [-0.05, 0) is 60.2 Å². The summed E-state index contributed by atoms with van der Waals surface area (Å²) in [7, 11) is 0. The van der Waals surface area contributed by atoms with Crippen LogP contribution in [0.4, 0.5) is 0 Å². The first-order valence-electron chi connectivity index (χ1n) is 8.43. The molecule has 0 atom stereocenters. The highest BCUT2D eigenvalue weighted by Crippen LogP contribution is 2.25. The molecule has 0 spiro atoms. The Bertz CT molecular complexity index is 971. The first kappa shape index (κ1) is 15.2. The maximum Gasteiger partial charge on any atom is 0.336 e. The molecule has 0 radical (unpaired) electrons. The van der Waals surface area contributed by atoms with Crippen LogP contribution in [0.2, 0.25) is 0 Å². The van der Waals surface area contributed by atoms with E-state index in [-0.39, 0.29) is 5.63 Å². The van der Waals surface area contributed by atoms with Crippen LogP contribution in [0.3, 0.4) is 0 Å². The van der Waals surface area contributed by atoms with Crippen molar-refractivity contribution in [3.63, 3.8) is 0 Å². The van der Waals surface area contributed by atoms with Crippen molar-refractivity contribution in [3.05, 3.63) is 80.7 Å². The number of hydrogen-bond acceptors (Lipinski definition) is 3. The summed E-state index contributed by atoms with van der Waals surface area (Å²) >= 11 is 0. The van der Waals surface area contributed by atoms with E-state index in [9.17, 15) is 4.79 Å². The SMILES string of the molecule is Cc1cc2oc(=O)cc(CN3CCc4ccccc4C3)c2cc1C. The molecule has 3 aromatic rings. The van der Waals surface area contributed by atoms with Crippen molar-refractivity contribution in [2.75, 3.05) is 6.54 Å². The molecule has 24 heavy (non-hydrogen) atoms.